The van der Waals surface area contributed by atoms with Gasteiger partial charge < -0.3 is 19.6 Å². The zero-order valence-electron chi connectivity index (χ0n) is 34.5. The molecular weight excluding hydrogens is 777 g/mol. The number of hydrogen-bond acceptors (Lipinski definition) is 8. The lowest BCUT2D eigenvalue weighted by atomic mass is 10.0. The van der Waals surface area contributed by atoms with Crippen molar-refractivity contribution >= 4 is 46.3 Å². The standard InChI is InChI=1S/C52H48N4O6/c57-47(43-23-13-25-45(31-43)55(35-39-15-5-1-6-16-39)36-40-17-7-2-8-18-40)33-49(59)51(61)53-27-29-54(30-28-53)52(62)50(60)34-48(58)44-24-14-26-46(32-44)56(37-41-19-9-3-10-20-41)38-42-21-11-4-12-22-42/h1-26,31-32H,27-30,33-38H2. The summed E-state index contributed by atoms with van der Waals surface area (Å²) in [5.74, 6) is -4.27. The van der Waals surface area contributed by atoms with E-state index in [0.717, 1.165) is 33.6 Å². The summed E-state index contributed by atoms with van der Waals surface area (Å²) >= 11 is 0. The van der Waals surface area contributed by atoms with Crippen molar-refractivity contribution in [2.24, 2.45) is 0 Å². The van der Waals surface area contributed by atoms with E-state index in [4.69, 9.17) is 0 Å². The highest BCUT2D eigenvalue weighted by Gasteiger charge is 2.32. The molecule has 6 aromatic rings. The maximum Gasteiger partial charge on any atom is 0.290 e. The Balaban J connectivity index is 0.919. The lowest BCUT2D eigenvalue weighted by Gasteiger charge is -2.34. The minimum atomic E-state index is -0.847. The van der Waals surface area contributed by atoms with Crippen LogP contribution in [-0.2, 0) is 45.4 Å². The zero-order valence-corrected chi connectivity index (χ0v) is 34.5. The summed E-state index contributed by atoms with van der Waals surface area (Å²) in [5.41, 5.74) is 6.65. The molecule has 0 radical (unpaired) electrons. The Bertz CT molecular complexity index is 2250. The second kappa shape index (κ2) is 20.7. The molecule has 7 rings (SSSR count). The highest BCUT2D eigenvalue weighted by Crippen LogP contribution is 2.25. The largest absolute Gasteiger partial charge is 0.363 e. The molecule has 0 saturated carbocycles. The molecule has 6 aromatic carbocycles. The van der Waals surface area contributed by atoms with Crippen molar-refractivity contribution < 1.29 is 28.8 Å². The fourth-order valence-electron chi connectivity index (χ4n) is 7.56. The van der Waals surface area contributed by atoms with Crippen molar-refractivity contribution in [2.45, 2.75) is 39.0 Å². The van der Waals surface area contributed by atoms with Gasteiger partial charge in [0.05, 0.1) is 12.8 Å². The van der Waals surface area contributed by atoms with E-state index in [2.05, 4.69) is 9.80 Å². The van der Waals surface area contributed by atoms with Crippen LogP contribution in [0.3, 0.4) is 0 Å². The van der Waals surface area contributed by atoms with Crippen LogP contribution in [0.4, 0.5) is 11.4 Å². The van der Waals surface area contributed by atoms with E-state index >= 15 is 0 Å². The first kappa shape index (κ1) is 42.7. The van der Waals surface area contributed by atoms with Gasteiger partial charge >= 0.3 is 0 Å². The molecule has 0 unspecified atom stereocenters. The van der Waals surface area contributed by atoms with Gasteiger partial charge in [0.1, 0.15) is 0 Å². The number of rotatable bonds is 18. The van der Waals surface area contributed by atoms with Gasteiger partial charge in [0.25, 0.3) is 11.8 Å². The third-order valence-corrected chi connectivity index (χ3v) is 10.9. The van der Waals surface area contributed by atoms with Crippen LogP contribution in [0.1, 0.15) is 55.8 Å². The lowest BCUT2D eigenvalue weighted by molar-refractivity contribution is -0.149. The highest BCUT2D eigenvalue weighted by atomic mass is 16.2. The molecule has 0 N–H and O–H groups in total. The number of piperazine rings is 1. The Morgan fingerprint density at radius 1 is 0.371 bits per heavy atom. The van der Waals surface area contributed by atoms with Crippen LogP contribution in [0.5, 0.6) is 0 Å². The Morgan fingerprint density at radius 3 is 0.952 bits per heavy atom. The normalized spacial score (nSPS) is 12.3. The number of amides is 2. The SMILES string of the molecule is O=C(CC(=O)c1cccc(N(Cc2ccccc2)Cc2ccccc2)c1)C(=O)N1CCN(C(=O)C(=O)CC(=O)c2cccc(N(Cc3ccccc3)Cc3ccccc3)c2)CC1. The van der Waals surface area contributed by atoms with Gasteiger partial charge in [-0.15, -0.1) is 0 Å². The summed E-state index contributed by atoms with van der Waals surface area (Å²) in [7, 11) is 0. The molecule has 312 valence electrons. The summed E-state index contributed by atoms with van der Waals surface area (Å²) in [6, 6.07) is 54.2. The van der Waals surface area contributed by atoms with E-state index < -0.39 is 47.8 Å². The van der Waals surface area contributed by atoms with Crippen molar-refractivity contribution in [1.82, 2.24) is 9.80 Å². The average Bonchev–Trinajstić information content (AvgIpc) is 3.32. The van der Waals surface area contributed by atoms with Gasteiger partial charge in [-0.2, -0.15) is 0 Å². The van der Waals surface area contributed by atoms with Crippen molar-refractivity contribution in [3.8, 4) is 0 Å². The van der Waals surface area contributed by atoms with Gasteiger partial charge in [0, 0.05) is 74.9 Å². The van der Waals surface area contributed by atoms with Crippen LogP contribution in [0.25, 0.3) is 0 Å². The minimum absolute atomic E-state index is 0.00978. The molecule has 0 aromatic heterocycles. The van der Waals surface area contributed by atoms with E-state index in [9.17, 15) is 28.8 Å². The number of ketones is 4. The molecule has 0 aliphatic carbocycles. The monoisotopic (exact) mass is 824 g/mol. The van der Waals surface area contributed by atoms with Gasteiger partial charge in [0.2, 0.25) is 11.6 Å². The van der Waals surface area contributed by atoms with Crippen LogP contribution in [0, 0.1) is 0 Å². The molecule has 1 fully saturated rings. The average molecular weight is 825 g/mol. The first-order valence-corrected chi connectivity index (χ1v) is 20.8. The fraction of sp³-hybridized carbons (Fsp3) is 0.192. The number of hydrogen-bond donors (Lipinski definition) is 0. The second-order valence-electron chi connectivity index (χ2n) is 15.4. The zero-order chi connectivity index (χ0) is 43.3. The van der Waals surface area contributed by atoms with Gasteiger partial charge in [-0.05, 0) is 46.5 Å². The quantitative estimate of drug-likeness (QED) is 0.0491. The molecule has 1 aliphatic rings. The van der Waals surface area contributed by atoms with Crippen molar-refractivity contribution in [3.05, 3.63) is 203 Å². The molecule has 62 heavy (non-hydrogen) atoms. The molecule has 0 atom stereocenters. The highest BCUT2D eigenvalue weighted by molar-refractivity contribution is 6.41. The topological polar surface area (TPSA) is 115 Å². The third kappa shape index (κ3) is 11.4. The predicted octanol–water partition coefficient (Wildman–Crippen LogP) is 7.76. The molecule has 1 aliphatic heterocycles. The maximum atomic E-state index is 13.4. The first-order chi connectivity index (χ1) is 30.2. The second-order valence-corrected chi connectivity index (χ2v) is 15.4. The Kier molecular flexibility index (Phi) is 14.2. The van der Waals surface area contributed by atoms with E-state index in [1.807, 2.05) is 133 Å². The van der Waals surface area contributed by atoms with E-state index in [-0.39, 0.29) is 26.2 Å². The maximum absolute atomic E-state index is 13.4. The lowest BCUT2D eigenvalue weighted by Crippen LogP contribution is -2.53. The number of carbonyl (C=O) groups excluding carboxylic acids is 6. The molecule has 10 nitrogen and oxygen atoms in total. The van der Waals surface area contributed by atoms with Gasteiger partial charge in [-0.1, -0.05) is 146 Å². The minimum Gasteiger partial charge on any atom is -0.363 e. The number of carbonyl (C=O) groups is 6. The Hall–Kier alpha value is -7.46. The van der Waals surface area contributed by atoms with Crippen molar-refractivity contribution in [2.75, 3.05) is 36.0 Å². The van der Waals surface area contributed by atoms with Crippen LogP contribution >= 0.6 is 0 Å². The van der Waals surface area contributed by atoms with Gasteiger partial charge in [0.15, 0.2) is 11.6 Å². The summed E-state index contributed by atoms with van der Waals surface area (Å²) in [6.45, 7) is 2.42. The number of anilines is 2. The first-order valence-electron chi connectivity index (χ1n) is 20.8. The molecular formula is C52H48N4O6. The summed E-state index contributed by atoms with van der Waals surface area (Å²) in [5, 5.41) is 0. The van der Waals surface area contributed by atoms with Crippen LogP contribution < -0.4 is 9.80 Å². The van der Waals surface area contributed by atoms with Gasteiger partial charge in [-0.3, -0.25) is 28.8 Å². The smallest absolute Gasteiger partial charge is 0.290 e. The summed E-state index contributed by atoms with van der Waals surface area (Å²) < 4.78 is 0. The van der Waals surface area contributed by atoms with E-state index in [1.54, 1.807) is 36.4 Å². The number of benzene rings is 6. The van der Waals surface area contributed by atoms with Crippen molar-refractivity contribution in [1.29, 1.82) is 0 Å². The van der Waals surface area contributed by atoms with Crippen LogP contribution in [0.2, 0.25) is 0 Å². The molecule has 0 bridgehead atoms. The van der Waals surface area contributed by atoms with Crippen molar-refractivity contribution in [3.63, 3.8) is 0 Å². The Morgan fingerprint density at radius 2 is 0.661 bits per heavy atom. The molecule has 1 saturated heterocycles. The molecule has 1 heterocycles. The molecule has 2 amide bonds. The van der Waals surface area contributed by atoms with Gasteiger partial charge in [-0.25, -0.2) is 0 Å². The number of Topliss-reactive ketones (excluding diaryl/α,β-unsaturated/α-hetero) is 4. The van der Waals surface area contributed by atoms with E-state index in [1.165, 1.54) is 9.80 Å². The predicted molar refractivity (Wildman–Crippen MR) is 239 cm³/mol. The van der Waals surface area contributed by atoms with Crippen LogP contribution in [-0.4, -0.2) is 70.9 Å². The molecule has 0 spiro atoms. The van der Waals surface area contributed by atoms with Crippen LogP contribution in [0.15, 0.2) is 170 Å². The number of nitrogens with zero attached hydrogens (tertiary/aromatic N) is 4. The van der Waals surface area contributed by atoms with E-state index in [0.29, 0.717) is 37.3 Å². The molecule has 10 heteroatoms. The fourth-order valence-corrected chi connectivity index (χ4v) is 7.56. The summed E-state index contributed by atoms with van der Waals surface area (Å²) in [6.07, 6.45) is -1.20. The third-order valence-electron chi connectivity index (χ3n) is 10.9. The Labute approximate surface area is 362 Å². The summed E-state index contributed by atoms with van der Waals surface area (Å²) in [4.78, 5) is 86.5.